The van der Waals surface area contributed by atoms with Gasteiger partial charge in [-0.3, -0.25) is 4.79 Å². The van der Waals surface area contributed by atoms with Gasteiger partial charge >= 0.3 is 16.7 Å². The van der Waals surface area contributed by atoms with E-state index in [1.165, 1.54) is 24.3 Å². The second-order valence-corrected chi connectivity index (χ2v) is 10.1. The van der Waals surface area contributed by atoms with Crippen LogP contribution in [0.25, 0.3) is 44.0 Å². The Labute approximate surface area is 217 Å². The van der Waals surface area contributed by atoms with E-state index in [0.717, 1.165) is 18.2 Å². The molecule has 1 aliphatic rings. The van der Waals surface area contributed by atoms with Crippen molar-refractivity contribution in [1.82, 2.24) is 14.9 Å². The van der Waals surface area contributed by atoms with Gasteiger partial charge in [-0.1, -0.05) is 22.1 Å². The van der Waals surface area contributed by atoms with Gasteiger partial charge in [0, 0.05) is 29.4 Å². The lowest BCUT2D eigenvalue weighted by Crippen LogP contribution is -2.44. The van der Waals surface area contributed by atoms with E-state index in [9.17, 15) is 35.5 Å². The normalized spacial score (nSPS) is 14.5. The molecule has 13 heteroatoms. The van der Waals surface area contributed by atoms with Crippen LogP contribution in [0.4, 0.5) is 17.1 Å². The monoisotopic (exact) mass is 556 g/mol. The quantitative estimate of drug-likeness (QED) is 0.240. The number of hydrogen-bond donors (Lipinski definition) is 2. The lowest BCUT2D eigenvalue weighted by Gasteiger charge is -2.32. The predicted octanol–water partition coefficient (Wildman–Crippen LogP) is 4.93. The van der Waals surface area contributed by atoms with Crippen molar-refractivity contribution < 1.29 is 29.7 Å². The van der Waals surface area contributed by atoms with Gasteiger partial charge in [0.05, 0.1) is 34.1 Å². The first-order valence-corrected chi connectivity index (χ1v) is 12.9. The molecule has 0 unspecified atom stereocenters. The molecule has 6 rings (SSSR count). The van der Waals surface area contributed by atoms with E-state index in [2.05, 4.69) is 14.5 Å². The van der Waals surface area contributed by atoms with Crippen molar-refractivity contribution in [2.75, 3.05) is 13.1 Å². The van der Waals surface area contributed by atoms with E-state index in [4.69, 9.17) is 0 Å². The number of alkyl halides is 3. The third kappa shape index (κ3) is 4.18. The van der Waals surface area contributed by atoms with Crippen LogP contribution in [0.5, 0.6) is 5.75 Å². The fourth-order valence-corrected chi connectivity index (χ4v) is 5.36. The number of pyridine rings is 1. The van der Waals surface area contributed by atoms with Gasteiger partial charge in [-0.15, -0.1) is 0 Å². The molecule has 0 bridgehead atoms. The Balaban J connectivity index is 1.73. The van der Waals surface area contributed by atoms with Gasteiger partial charge in [-0.05, 0) is 47.5 Å². The number of hydrogen-bond acceptors (Lipinski definition) is 6. The number of fused-ring (bicyclic) bond motifs is 4. The minimum atomic E-state index is -5.41. The molecule has 0 saturated carbocycles. The Hall–Kier alpha value is -4.41. The Morgan fingerprint density at radius 1 is 1.05 bits per heavy atom. The van der Waals surface area contributed by atoms with Crippen LogP contribution in [-0.2, 0) is 16.7 Å². The number of benzene rings is 3. The van der Waals surface area contributed by atoms with Gasteiger partial charge in [0.2, 0.25) is 0 Å². The average Bonchev–Trinajstić information content (AvgIpc) is 3.21. The smallest absolute Gasteiger partial charge is 0.358 e. The minimum absolute atomic E-state index is 0.0912. The van der Waals surface area contributed by atoms with Gasteiger partial charge in [0.25, 0.3) is 0 Å². The summed E-state index contributed by atoms with van der Waals surface area (Å²) in [5, 5.41) is 12.9. The summed E-state index contributed by atoms with van der Waals surface area (Å²) >= 11 is 0. The van der Waals surface area contributed by atoms with Crippen LogP contribution in [0.15, 0.2) is 59.4 Å². The lowest BCUT2D eigenvalue weighted by molar-refractivity contribution is -0.137. The molecule has 8 nitrogen and oxygen atoms in total. The number of H-pyrrole nitrogens is 1. The van der Waals surface area contributed by atoms with E-state index >= 15 is 0 Å². The van der Waals surface area contributed by atoms with Crippen LogP contribution in [0.3, 0.4) is 0 Å². The van der Waals surface area contributed by atoms with Gasteiger partial charge in [-0.2, -0.15) is 26.9 Å². The van der Waals surface area contributed by atoms with Gasteiger partial charge in [-0.25, -0.2) is 0 Å². The third-order valence-electron chi connectivity index (χ3n) is 6.79. The Morgan fingerprint density at radius 2 is 1.82 bits per heavy atom. The van der Waals surface area contributed by atoms with E-state index in [0.29, 0.717) is 35.2 Å². The Kier molecular flexibility index (Phi) is 5.46. The number of nitrogens with zero attached hydrogens (tertiary/aromatic N) is 2. The van der Waals surface area contributed by atoms with Crippen LogP contribution < -0.4 is 14.9 Å². The van der Waals surface area contributed by atoms with Crippen molar-refractivity contribution in [3.05, 3.63) is 75.9 Å². The largest absolute Gasteiger partial charge is 0.488 e. The second kappa shape index (κ2) is 8.55. The number of halogens is 4. The first kappa shape index (κ1) is 24.9. The maximum absolute atomic E-state index is 14.3. The van der Waals surface area contributed by atoms with Crippen LogP contribution >= 0.6 is 0 Å². The van der Waals surface area contributed by atoms with E-state index in [1.54, 1.807) is 16.7 Å². The van der Waals surface area contributed by atoms with Crippen molar-refractivity contribution in [3.8, 4) is 22.9 Å². The molecule has 0 radical (unpaired) electrons. The molecule has 1 aliphatic heterocycles. The number of aromatic amines is 1. The van der Waals surface area contributed by atoms with Crippen molar-refractivity contribution in [2.45, 2.75) is 12.2 Å². The molecule has 0 aliphatic carbocycles. The maximum atomic E-state index is 14.3. The van der Waals surface area contributed by atoms with E-state index < -0.39 is 33.4 Å². The second-order valence-electron chi connectivity index (χ2n) is 9.15. The summed E-state index contributed by atoms with van der Waals surface area (Å²) in [5.74, 6) is -0.511. The van der Waals surface area contributed by atoms with Gasteiger partial charge in [0.1, 0.15) is 11.4 Å². The highest BCUT2D eigenvalue weighted by molar-refractivity contribution is 7.81. The Morgan fingerprint density at radius 3 is 2.46 bits per heavy atom. The number of nitriles is 1. The van der Waals surface area contributed by atoms with Crippen molar-refractivity contribution in [2.24, 2.45) is 0 Å². The van der Waals surface area contributed by atoms with Crippen LogP contribution in [0.2, 0.25) is 0 Å². The topological polar surface area (TPSA) is 117 Å². The molecule has 39 heavy (non-hydrogen) atoms. The number of aromatic nitrogens is 2. The lowest BCUT2D eigenvalue weighted by atomic mass is 9.95. The SMILES string of the molecule is N#Cc1ccc2c(c1)[nH]c1c2c(=O)c2cc(C(F)(F)F)c(-c3cccc(OS(=O)(=O)F)c3)cc2n1C1CNC1. The van der Waals surface area contributed by atoms with Crippen LogP contribution in [-0.4, -0.2) is 31.1 Å². The first-order chi connectivity index (χ1) is 18.4. The zero-order valence-corrected chi connectivity index (χ0v) is 20.5. The highest BCUT2D eigenvalue weighted by Gasteiger charge is 2.36. The third-order valence-corrected chi connectivity index (χ3v) is 7.18. The molecule has 2 N–H and O–H groups in total. The molecular formula is C26H16F4N4O4S. The Bertz CT molecular complexity index is 2040. The highest BCUT2D eigenvalue weighted by Crippen LogP contribution is 2.41. The summed E-state index contributed by atoms with van der Waals surface area (Å²) in [4.78, 5) is 16.9. The van der Waals surface area contributed by atoms with Gasteiger partial charge < -0.3 is 19.1 Å². The summed E-state index contributed by atoms with van der Waals surface area (Å²) in [6.45, 7) is 1.000. The standard InChI is InChI=1S/C26H16F4N4O4S/c27-26(28,29)20-8-19-22(9-18(20)14-2-1-3-16(7-14)38-39(30,36)37)34(15-11-32-12-15)25-23(24(19)35)17-5-4-13(10-31)6-21(17)33-25/h1-9,15,32-33H,11-12H2. The summed E-state index contributed by atoms with van der Waals surface area (Å²) in [5.41, 5.74) is -0.721. The van der Waals surface area contributed by atoms with Crippen molar-refractivity contribution in [3.63, 3.8) is 0 Å². The van der Waals surface area contributed by atoms with Crippen LogP contribution in [0.1, 0.15) is 17.2 Å². The van der Waals surface area contributed by atoms with E-state index in [1.807, 2.05) is 6.07 Å². The molecule has 1 saturated heterocycles. The zero-order chi connectivity index (χ0) is 27.7. The maximum Gasteiger partial charge on any atom is 0.488 e. The van der Waals surface area contributed by atoms with Gasteiger partial charge in [0.15, 0.2) is 5.43 Å². The summed E-state index contributed by atoms with van der Waals surface area (Å²) in [6, 6.07) is 13.1. The fraction of sp³-hybridized carbons (Fsp3) is 0.154. The molecule has 5 aromatic rings. The molecule has 0 spiro atoms. The number of rotatable bonds is 4. The zero-order valence-electron chi connectivity index (χ0n) is 19.6. The predicted molar refractivity (Wildman–Crippen MR) is 135 cm³/mol. The fourth-order valence-electron chi connectivity index (χ4n) is 5.03. The molecule has 2 aromatic heterocycles. The van der Waals surface area contributed by atoms with E-state index in [-0.39, 0.29) is 33.5 Å². The van der Waals surface area contributed by atoms with Crippen LogP contribution in [0, 0.1) is 11.3 Å². The minimum Gasteiger partial charge on any atom is -0.358 e. The molecule has 3 aromatic carbocycles. The summed E-state index contributed by atoms with van der Waals surface area (Å²) in [7, 11) is -5.41. The number of nitrogens with one attached hydrogen (secondary N) is 2. The van der Waals surface area contributed by atoms with Crippen molar-refractivity contribution >= 4 is 43.3 Å². The first-order valence-electron chi connectivity index (χ1n) is 11.5. The molecule has 3 heterocycles. The highest BCUT2D eigenvalue weighted by atomic mass is 32.3. The molecule has 198 valence electrons. The summed E-state index contributed by atoms with van der Waals surface area (Å²) in [6.07, 6.45) is -4.89. The summed E-state index contributed by atoms with van der Waals surface area (Å²) < 4.78 is 84.1. The van der Waals surface area contributed by atoms with Crippen molar-refractivity contribution in [1.29, 1.82) is 5.26 Å². The molecule has 0 atom stereocenters. The molecule has 1 fully saturated rings. The molecule has 0 amide bonds. The molecular weight excluding hydrogens is 540 g/mol. The average molecular weight is 556 g/mol.